The lowest BCUT2D eigenvalue weighted by atomic mass is 10.0. The summed E-state index contributed by atoms with van der Waals surface area (Å²) in [7, 11) is 0. The van der Waals surface area contributed by atoms with E-state index in [9.17, 15) is 4.79 Å². The molecule has 0 atom stereocenters. The van der Waals surface area contributed by atoms with Crippen LogP contribution in [0.5, 0.6) is 0 Å². The Balaban J connectivity index is 1.97. The van der Waals surface area contributed by atoms with E-state index in [1.807, 2.05) is 43.3 Å². The van der Waals surface area contributed by atoms with Crippen LogP contribution in [0.1, 0.15) is 21.6 Å². The summed E-state index contributed by atoms with van der Waals surface area (Å²) in [5.74, 6) is -0.285. The first-order chi connectivity index (χ1) is 12.2. The molecule has 0 saturated heterocycles. The molecule has 2 aromatic carbocycles. The van der Waals surface area contributed by atoms with Crippen LogP contribution >= 0.6 is 11.3 Å². The molecule has 0 radical (unpaired) electrons. The molecule has 120 valence electrons. The van der Waals surface area contributed by atoms with E-state index in [-0.39, 0.29) is 5.91 Å². The molecule has 1 aromatic heterocycles. The Morgan fingerprint density at radius 1 is 1.24 bits per heavy atom. The molecule has 4 nitrogen and oxygen atoms in total. The van der Waals surface area contributed by atoms with Gasteiger partial charge >= 0.3 is 0 Å². The lowest BCUT2D eigenvalue weighted by Gasteiger charge is -2.06. The molecule has 0 bridgehead atoms. The first kappa shape index (κ1) is 16.4. The maximum atomic E-state index is 12.8. The van der Waals surface area contributed by atoms with Gasteiger partial charge in [0.1, 0.15) is 11.6 Å². The summed E-state index contributed by atoms with van der Waals surface area (Å²) in [6.45, 7) is 1.93. The number of rotatable bonds is 4. The molecule has 0 aliphatic rings. The van der Waals surface area contributed by atoms with Gasteiger partial charge in [0.15, 0.2) is 5.13 Å². The number of thiazole rings is 1. The Hall–Kier alpha value is -3.41. The van der Waals surface area contributed by atoms with Gasteiger partial charge in [0.05, 0.1) is 5.57 Å². The predicted molar refractivity (Wildman–Crippen MR) is 98.6 cm³/mol. The van der Waals surface area contributed by atoms with Crippen molar-refractivity contribution in [3.05, 3.63) is 82.4 Å². The summed E-state index contributed by atoms with van der Waals surface area (Å²) in [6, 6.07) is 20.5. The second-order valence-electron chi connectivity index (χ2n) is 5.22. The molecule has 0 spiro atoms. The minimum Gasteiger partial charge on any atom is -0.298 e. The molecule has 0 aliphatic heterocycles. The van der Waals surface area contributed by atoms with E-state index >= 15 is 0 Å². The molecule has 5 heteroatoms. The number of nitriles is 1. The number of aryl methyl sites for hydroxylation is 1. The molecule has 0 fully saturated rings. The number of carbonyl (C=O) groups is 1. The van der Waals surface area contributed by atoms with Gasteiger partial charge in [0.25, 0.3) is 5.91 Å². The number of aromatic nitrogens is 1. The van der Waals surface area contributed by atoms with Crippen LogP contribution in [0.3, 0.4) is 0 Å². The van der Waals surface area contributed by atoms with E-state index in [0.717, 1.165) is 10.4 Å². The molecule has 0 unspecified atom stereocenters. The van der Waals surface area contributed by atoms with Crippen LogP contribution in [0, 0.1) is 30.4 Å². The number of amides is 1. The highest BCUT2D eigenvalue weighted by Crippen LogP contribution is 2.22. The van der Waals surface area contributed by atoms with Gasteiger partial charge in [-0.15, -0.1) is 11.3 Å². The van der Waals surface area contributed by atoms with Crippen LogP contribution in [-0.2, 0) is 4.79 Å². The number of anilines is 1. The minimum absolute atomic E-state index is 0.285. The Bertz CT molecular complexity index is 951. The Morgan fingerprint density at radius 3 is 2.64 bits per heavy atom. The smallest absolute Gasteiger partial charge is 0.258 e. The number of nitrogens with zero attached hydrogens (tertiary/aromatic N) is 2. The van der Waals surface area contributed by atoms with E-state index < -0.39 is 0 Å². The molecule has 1 N–H and O–H groups in total. The summed E-state index contributed by atoms with van der Waals surface area (Å²) >= 11 is 1.41. The second-order valence-corrected chi connectivity index (χ2v) is 6.46. The summed E-state index contributed by atoms with van der Waals surface area (Å²) in [5, 5.41) is 12.3. The SMILES string of the molecule is Cc1cnc(NC(=O)/C(=C/c2ccccc2)c2c#cc(C#N)cc2)s1. The summed E-state index contributed by atoms with van der Waals surface area (Å²) in [4.78, 5) is 17.9. The van der Waals surface area contributed by atoms with Crippen LogP contribution in [-0.4, -0.2) is 10.9 Å². The summed E-state index contributed by atoms with van der Waals surface area (Å²) < 4.78 is 0. The minimum atomic E-state index is -0.285. The first-order valence-electron chi connectivity index (χ1n) is 7.51. The fourth-order valence-corrected chi connectivity index (χ4v) is 2.83. The summed E-state index contributed by atoms with van der Waals surface area (Å²) in [6.07, 6.45) is 3.49. The molecular weight excluding hydrogens is 330 g/mol. The molecular formula is C20H13N3OS. The van der Waals surface area contributed by atoms with E-state index in [0.29, 0.717) is 21.8 Å². The number of carbonyl (C=O) groups excluding carboxylic acids is 1. The number of hydrogen-bond donors (Lipinski definition) is 1. The average Bonchev–Trinajstić information content (AvgIpc) is 3.05. The number of benzene rings is 1. The maximum Gasteiger partial charge on any atom is 0.258 e. The van der Waals surface area contributed by atoms with Gasteiger partial charge in [-0.05, 0) is 30.7 Å². The van der Waals surface area contributed by atoms with Gasteiger partial charge in [-0.25, -0.2) is 4.98 Å². The highest BCUT2D eigenvalue weighted by molar-refractivity contribution is 7.15. The molecule has 1 heterocycles. The van der Waals surface area contributed by atoms with Crippen molar-refractivity contribution in [2.45, 2.75) is 6.92 Å². The molecule has 0 aliphatic carbocycles. The average molecular weight is 343 g/mol. The van der Waals surface area contributed by atoms with E-state index in [2.05, 4.69) is 22.4 Å². The molecule has 25 heavy (non-hydrogen) atoms. The van der Waals surface area contributed by atoms with E-state index in [1.54, 1.807) is 24.4 Å². The van der Waals surface area contributed by atoms with Crippen molar-refractivity contribution in [1.29, 1.82) is 5.26 Å². The van der Waals surface area contributed by atoms with E-state index in [1.165, 1.54) is 11.3 Å². The van der Waals surface area contributed by atoms with Crippen molar-refractivity contribution in [1.82, 2.24) is 4.98 Å². The highest BCUT2D eigenvalue weighted by Gasteiger charge is 2.14. The van der Waals surface area contributed by atoms with Gasteiger partial charge in [0, 0.05) is 16.6 Å². The van der Waals surface area contributed by atoms with Crippen LogP contribution < -0.4 is 5.32 Å². The van der Waals surface area contributed by atoms with Crippen LogP contribution in [0.4, 0.5) is 5.13 Å². The van der Waals surface area contributed by atoms with Crippen LogP contribution in [0.15, 0.2) is 48.7 Å². The predicted octanol–water partition coefficient (Wildman–Crippen LogP) is 4.10. The van der Waals surface area contributed by atoms with Crippen molar-refractivity contribution in [3.63, 3.8) is 0 Å². The standard InChI is InChI=1S/C20H13N3OS/c1-14-13-22-20(25-14)23-19(24)18(11-15-5-3-2-4-6-15)17-9-7-16(12-21)8-10-17/h2-7,9,11,13H,1H3,(H,22,23,24)/b18-11+. The van der Waals surface area contributed by atoms with Gasteiger partial charge < -0.3 is 0 Å². The Labute approximate surface area is 150 Å². The fourth-order valence-electron chi connectivity index (χ4n) is 2.17. The molecule has 3 aromatic rings. The normalized spacial score (nSPS) is 10.6. The van der Waals surface area contributed by atoms with Gasteiger partial charge in [0.2, 0.25) is 0 Å². The zero-order valence-corrected chi connectivity index (χ0v) is 14.2. The van der Waals surface area contributed by atoms with Gasteiger partial charge in [-0.1, -0.05) is 42.5 Å². The molecule has 0 saturated carbocycles. The lowest BCUT2D eigenvalue weighted by molar-refractivity contribution is -0.111. The lowest BCUT2D eigenvalue weighted by Crippen LogP contribution is -2.13. The summed E-state index contributed by atoms with van der Waals surface area (Å²) in [5.41, 5.74) is 2.26. The largest absolute Gasteiger partial charge is 0.298 e. The topological polar surface area (TPSA) is 65.8 Å². The van der Waals surface area contributed by atoms with Crippen molar-refractivity contribution in [2.75, 3.05) is 5.32 Å². The molecule has 3 rings (SSSR count). The van der Waals surface area contributed by atoms with Crippen molar-refractivity contribution in [2.24, 2.45) is 0 Å². The number of hydrogen-bond acceptors (Lipinski definition) is 4. The third kappa shape index (κ3) is 4.11. The quantitative estimate of drug-likeness (QED) is 0.725. The number of nitrogens with one attached hydrogen (secondary N) is 1. The van der Waals surface area contributed by atoms with E-state index in [4.69, 9.17) is 5.26 Å². The Kier molecular flexibility index (Phi) is 4.89. The zero-order valence-electron chi connectivity index (χ0n) is 13.4. The van der Waals surface area contributed by atoms with Crippen molar-refractivity contribution < 1.29 is 4.79 Å². The fraction of sp³-hybridized carbons (Fsp3) is 0.0500. The monoisotopic (exact) mass is 343 g/mol. The third-order valence-corrected chi connectivity index (χ3v) is 4.18. The first-order valence-corrected chi connectivity index (χ1v) is 8.32. The third-order valence-electron chi connectivity index (χ3n) is 3.36. The Morgan fingerprint density at radius 2 is 2.04 bits per heavy atom. The highest BCUT2D eigenvalue weighted by atomic mass is 32.1. The van der Waals surface area contributed by atoms with Crippen molar-refractivity contribution in [3.8, 4) is 6.07 Å². The van der Waals surface area contributed by atoms with Crippen LogP contribution in [0.2, 0.25) is 0 Å². The maximum absolute atomic E-state index is 12.8. The van der Waals surface area contributed by atoms with Crippen molar-refractivity contribution >= 4 is 34.0 Å². The molecule has 1 amide bonds. The van der Waals surface area contributed by atoms with Gasteiger partial charge in [-0.3, -0.25) is 10.1 Å². The van der Waals surface area contributed by atoms with Crippen LogP contribution in [0.25, 0.3) is 11.6 Å². The second kappa shape index (κ2) is 7.44. The van der Waals surface area contributed by atoms with Gasteiger partial charge in [-0.2, -0.15) is 5.26 Å². The zero-order chi connectivity index (χ0) is 17.6.